The molecule has 1 atom stereocenters. The predicted molar refractivity (Wildman–Crippen MR) is 78.0 cm³/mol. The van der Waals surface area contributed by atoms with Gasteiger partial charge in [0.1, 0.15) is 6.07 Å². The van der Waals surface area contributed by atoms with E-state index in [9.17, 15) is 4.79 Å². The van der Waals surface area contributed by atoms with E-state index in [1.54, 1.807) is 0 Å². The molecule has 0 fully saturated rings. The summed E-state index contributed by atoms with van der Waals surface area (Å²) in [5.41, 5.74) is 1.41. The molecule has 0 saturated carbocycles. The number of rotatable bonds is 7. The van der Waals surface area contributed by atoms with E-state index in [1.165, 1.54) is 0 Å². The first-order valence-electron chi connectivity index (χ1n) is 6.19. The molecular formula is C14H17BrN2O2. The Morgan fingerprint density at radius 3 is 2.89 bits per heavy atom. The van der Waals surface area contributed by atoms with Crippen molar-refractivity contribution in [2.24, 2.45) is 5.92 Å². The number of carbonyl (C=O) groups is 1. The maximum Gasteiger partial charge on any atom is 0.303 e. The van der Waals surface area contributed by atoms with Crippen LogP contribution in [0.2, 0.25) is 0 Å². The number of aliphatic carboxylic acids is 1. The van der Waals surface area contributed by atoms with Crippen LogP contribution < -0.4 is 5.32 Å². The van der Waals surface area contributed by atoms with Gasteiger partial charge < -0.3 is 10.4 Å². The van der Waals surface area contributed by atoms with Crippen LogP contribution in [0.3, 0.4) is 0 Å². The molecular weight excluding hydrogens is 308 g/mol. The van der Waals surface area contributed by atoms with Crippen LogP contribution in [0.15, 0.2) is 22.7 Å². The molecule has 1 aromatic carbocycles. The van der Waals surface area contributed by atoms with Crippen molar-refractivity contribution in [1.29, 1.82) is 5.26 Å². The third-order valence-electron chi connectivity index (χ3n) is 2.93. The fraction of sp³-hybridized carbons (Fsp3) is 0.429. The summed E-state index contributed by atoms with van der Waals surface area (Å²) < 4.78 is 0.777. The zero-order valence-electron chi connectivity index (χ0n) is 10.8. The van der Waals surface area contributed by atoms with Crippen LogP contribution in [0.4, 0.5) is 5.69 Å². The molecule has 0 amide bonds. The molecule has 0 bridgehead atoms. The van der Waals surface area contributed by atoms with Crippen molar-refractivity contribution in [1.82, 2.24) is 0 Å². The average Bonchev–Trinajstić information content (AvgIpc) is 2.36. The summed E-state index contributed by atoms with van der Waals surface area (Å²) in [6, 6.07) is 7.73. The predicted octanol–water partition coefficient (Wildman–Crippen LogP) is 3.62. The lowest BCUT2D eigenvalue weighted by atomic mass is 10.0. The number of carboxylic acids is 1. The number of hydrogen-bond donors (Lipinski definition) is 2. The van der Waals surface area contributed by atoms with Gasteiger partial charge in [-0.25, -0.2) is 0 Å². The van der Waals surface area contributed by atoms with Gasteiger partial charge in [0.05, 0.1) is 11.3 Å². The smallest absolute Gasteiger partial charge is 0.303 e. The third kappa shape index (κ3) is 5.31. The lowest BCUT2D eigenvalue weighted by Crippen LogP contribution is -2.09. The molecule has 0 radical (unpaired) electrons. The second-order valence-corrected chi connectivity index (χ2v) is 5.38. The van der Waals surface area contributed by atoms with Gasteiger partial charge in [-0.05, 0) is 46.8 Å². The normalized spacial score (nSPS) is 11.6. The Labute approximate surface area is 121 Å². The topological polar surface area (TPSA) is 73.1 Å². The quantitative estimate of drug-likeness (QED) is 0.803. The summed E-state index contributed by atoms with van der Waals surface area (Å²) in [5, 5.41) is 20.9. The molecule has 1 aromatic rings. The van der Waals surface area contributed by atoms with Gasteiger partial charge in [-0.15, -0.1) is 0 Å². The SMILES string of the molecule is CC(CCNc1cccc(Br)c1C#N)CCC(=O)O. The molecule has 0 spiro atoms. The molecule has 4 nitrogen and oxygen atoms in total. The van der Waals surface area contributed by atoms with E-state index in [0.29, 0.717) is 17.9 Å². The molecule has 102 valence electrons. The van der Waals surface area contributed by atoms with Gasteiger partial charge in [0.15, 0.2) is 0 Å². The van der Waals surface area contributed by atoms with Gasteiger partial charge in [0, 0.05) is 17.4 Å². The van der Waals surface area contributed by atoms with Gasteiger partial charge in [0.2, 0.25) is 0 Å². The molecule has 0 aliphatic carbocycles. The molecule has 2 N–H and O–H groups in total. The Bertz CT molecular complexity index is 483. The monoisotopic (exact) mass is 324 g/mol. The van der Waals surface area contributed by atoms with Crippen molar-refractivity contribution in [3.63, 3.8) is 0 Å². The number of anilines is 1. The Balaban J connectivity index is 2.44. The molecule has 0 aliphatic rings. The molecule has 0 saturated heterocycles. The fourth-order valence-electron chi connectivity index (χ4n) is 1.75. The lowest BCUT2D eigenvalue weighted by Gasteiger charge is -2.13. The van der Waals surface area contributed by atoms with Crippen LogP contribution >= 0.6 is 15.9 Å². The summed E-state index contributed by atoms with van der Waals surface area (Å²) in [5.74, 6) is -0.403. The van der Waals surface area contributed by atoms with Crippen molar-refractivity contribution in [2.75, 3.05) is 11.9 Å². The first-order valence-corrected chi connectivity index (χ1v) is 6.98. The second-order valence-electron chi connectivity index (χ2n) is 4.53. The highest BCUT2D eigenvalue weighted by molar-refractivity contribution is 9.10. The Kier molecular flexibility index (Phi) is 6.37. The van der Waals surface area contributed by atoms with E-state index in [-0.39, 0.29) is 6.42 Å². The van der Waals surface area contributed by atoms with E-state index in [4.69, 9.17) is 10.4 Å². The number of nitriles is 1. The molecule has 1 rings (SSSR count). The van der Waals surface area contributed by atoms with Crippen LogP contribution in [0.1, 0.15) is 31.7 Å². The molecule has 0 aliphatic heterocycles. The fourth-order valence-corrected chi connectivity index (χ4v) is 2.21. The van der Waals surface area contributed by atoms with Crippen molar-refractivity contribution in [3.8, 4) is 6.07 Å². The number of nitrogens with zero attached hydrogens (tertiary/aromatic N) is 1. The average molecular weight is 325 g/mol. The number of hydrogen-bond acceptors (Lipinski definition) is 3. The largest absolute Gasteiger partial charge is 0.481 e. The minimum absolute atomic E-state index is 0.210. The highest BCUT2D eigenvalue weighted by Gasteiger charge is 2.08. The maximum absolute atomic E-state index is 10.5. The first kappa shape index (κ1) is 15.5. The number of carboxylic acid groups (broad SMARTS) is 1. The van der Waals surface area contributed by atoms with E-state index >= 15 is 0 Å². The standard InChI is InChI=1S/C14H17BrN2O2/c1-10(5-6-14(18)19)7-8-17-13-4-2-3-12(15)11(13)9-16/h2-4,10,17H,5-8H2,1H3,(H,18,19). The van der Waals surface area contributed by atoms with Gasteiger partial charge >= 0.3 is 5.97 Å². The van der Waals surface area contributed by atoms with E-state index in [2.05, 4.69) is 27.3 Å². The molecule has 0 heterocycles. The molecule has 0 aromatic heterocycles. The van der Waals surface area contributed by atoms with E-state index < -0.39 is 5.97 Å². The van der Waals surface area contributed by atoms with Crippen LogP contribution in [-0.4, -0.2) is 17.6 Å². The molecule has 19 heavy (non-hydrogen) atoms. The van der Waals surface area contributed by atoms with Crippen LogP contribution in [0.25, 0.3) is 0 Å². The summed E-state index contributed by atoms with van der Waals surface area (Å²) in [6.45, 7) is 2.77. The van der Waals surface area contributed by atoms with Gasteiger partial charge in [-0.3, -0.25) is 4.79 Å². The number of halogens is 1. The van der Waals surface area contributed by atoms with Crippen molar-refractivity contribution < 1.29 is 9.90 Å². The second kappa shape index (κ2) is 7.80. The molecule has 1 unspecified atom stereocenters. The third-order valence-corrected chi connectivity index (χ3v) is 3.59. The van der Waals surface area contributed by atoms with E-state index in [1.807, 2.05) is 25.1 Å². The zero-order chi connectivity index (χ0) is 14.3. The summed E-state index contributed by atoms with van der Waals surface area (Å²) >= 11 is 3.34. The van der Waals surface area contributed by atoms with Crippen LogP contribution in [0, 0.1) is 17.2 Å². The number of benzene rings is 1. The zero-order valence-corrected chi connectivity index (χ0v) is 12.4. The lowest BCUT2D eigenvalue weighted by molar-refractivity contribution is -0.137. The summed E-state index contributed by atoms with van der Waals surface area (Å²) in [7, 11) is 0. The number of nitrogens with one attached hydrogen (secondary N) is 1. The highest BCUT2D eigenvalue weighted by Crippen LogP contribution is 2.24. The summed E-state index contributed by atoms with van der Waals surface area (Å²) in [6.07, 6.45) is 1.77. The van der Waals surface area contributed by atoms with Gasteiger partial charge in [0.25, 0.3) is 0 Å². The summed E-state index contributed by atoms with van der Waals surface area (Å²) in [4.78, 5) is 10.5. The Morgan fingerprint density at radius 1 is 1.53 bits per heavy atom. The van der Waals surface area contributed by atoms with Gasteiger partial charge in [-0.1, -0.05) is 13.0 Å². The minimum atomic E-state index is -0.751. The van der Waals surface area contributed by atoms with Crippen LogP contribution in [-0.2, 0) is 4.79 Å². The van der Waals surface area contributed by atoms with Crippen molar-refractivity contribution >= 4 is 27.6 Å². The first-order chi connectivity index (χ1) is 9.04. The Morgan fingerprint density at radius 2 is 2.26 bits per heavy atom. The maximum atomic E-state index is 10.5. The van der Waals surface area contributed by atoms with Crippen molar-refractivity contribution in [3.05, 3.63) is 28.2 Å². The Hall–Kier alpha value is -1.54. The minimum Gasteiger partial charge on any atom is -0.481 e. The van der Waals surface area contributed by atoms with Crippen LogP contribution in [0.5, 0.6) is 0 Å². The van der Waals surface area contributed by atoms with Crippen molar-refractivity contribution in [2.45, 2.75) is 26.2 Å². The van der Waals surface area contributed by atoms with Gasteiger partial charge in [-0.2, -0.15) is 5.26 Å². The molecule has 5 heteroatoms. The van der Waals surface area contributed by atoms with E-state index in [0.717, 1.165) is 23.1 Å². The highest BCUT2D eigenvalue weighted by atomic mass is 79.9.